The van der Waals surface area contributed by atoms with Gasteiger partial charge in [-0.25, -0.2) is 12.8 Å². The van der Waals surface area contributed by atoms with Crippen LogP contribution in [0.15, 0.2) is 41.3 Å². The highest BCUT2D eigenvalue weighted by molar-refractivity contribution is 7.89. The average molecular weight is 461 g/mol. The van der Waals surface area contributed by atoms with E-state index in [1.54, 1.807) is 0 Å². The molecule has 1 heterocycles. The van der Waals surface area contributed by atoms with Crippen LogP contribution >= 0.6 is 23.2 Å². The van der Waals surface area contributed by atoms with Gasteiger partial charge in [-0.1, -0.05) is 23.2 Å². The summed E-state index contributed by atoms with van der Waals surface area (Å²) in [5.41, 5.74) is 0.255. The van der Waals surface area contributed by atoms with Crippen LogP contribution in [-0.4, -0.2) is 43.9 Å². The summed E-state index contributed by atoms with van der Waals surface area (Å²) in [7, 11) is -3.69. The van der Waals surface area contributed by atoms with Gasteiger partial charge in [-0.05, 0) is 50.2 Å². The Balaban J connectivity index is 1.76. The third-order valence-corrected chi connectivity index (χ3v) is 6.84. The lowest BCUT2D eigenvalue weighted by Gasteiger charge is -2.34. The number of amides is 1. The van der Waals surface area contributed by atoms with Crippen molar-refractivity contribution in [3.05, 3.63) is 57.8 Å². The fourth-order valence-corrected chi connectivity index (χ4v) is 5.14. The number of nitrogens with zero attached hydrogens (tertiary/aromatic N) is 1. The van der Waals surface area contributed by atoms with Gasteiger partial charge in [0.15, 0.2) is 0 Å². The lowest BCUT2D eigenvalue weighted by molar-refractivity contribution is -0.0440. The largest absolute Gasteiger partial charge is 0.373 e. The summed E-state index contributed by atoms with van der Waals surface area (Å²) >= 11 is 11.6. The van der Waals surface area contributed by atoms with Crippen LogP contribution in [0.4, 0.5) is 10.1 Å². The smallest absolute Gasteiger partial charge is 0.257 e. The standard InChI is InChI=1S/C19H19Cl2FN2O4S/c1-11-9-24(10-12(2)28-11)29(26,27)14-5-3-13(4-6-14)23-19(25)15-7-18(22)17(21)8-16(15)20/h3-8,11-12H,9-10H2,1-2H3,(H,23,25). The van der Waals surface area contributed by atoms with E-state index in [9.17, 15) is 17.6 Å². The number of anilines is 1. The predicted octanol–water partition coefficient (Wildman–Crippen LogP) is 4.18. The second kappa shape index (κ2) is 8.57. The summed E-state index contributed by atoms with van der Waals surface area (Å²) in [5.74, 6) is -1.41. The molecule has 1 aliphatic rings. The summed E-state index contributed by atoms with van der Waals surface area (Å²) in [4.78, 5) is 12.5. The lowest BCUT2D eigenvalue weighted by Crippen LogP contribution is -2.48. The van der Waals surface area contributed by atoms with Crippen molar-refractivity contribution >= 4 is 44.8 Å². The van der Waals surface area contributed by atoms with Gasteiger partial charge in [0, 0.05) is 18.8 Å². The van der Waals surface area contributed by atoms with E-state index < -0.39 is 21.7 Å². The highest BCUT2D eigenvalue weighted by Gasteiger charge is 2.32. The molecule has 3 rings (SSSR count). The Morgan fingerprint density at radius 3 is 2.28 bits per heavy atom. The van der Waals surface area contributed by atoms with Crippen molar-refractivity contribution < 1.29 is 22.3 Å². The Morgan fingerprint density at radius 1 is 1.10 bits per heavy atom. The molecule has 1 aliphatic heterocycles. The fraction of sp³-hybridized carbons (Fsp3) is 0.316. The van der Waals surface area contributed by atoms with Crippen LogP contribution in [-0.2, 0) is 14.8 Å². The third kappa shape index (κ3) is 4.90. The number of rotatable bonds is 4. The molecule has 0 aliphatic carbocycles. The molecular weight excluding hydrogens is 442 g/mol. The number of carbonyl (C=O) groups excluding carboxylic acids is 1. The zero-order valence-corrected chi connectivity index (χ0v) is 18.0. The van der Waals surface area contributed by atoms with Gasteiger partial charge in [-0.3, -0.25) is 4.79 Å². The van der Waals surface area contributed by atoms with E-state index >= 15 is 0 Å². The summed E-state index contributed by atoms with van der Waals surface area (Å²) in [5, 5.41) is 2.37. The maximum absolute atomic E-state index is 13.6. The SMILES string of the molecule is CC1CN(S(=O)(=O)c2ccc(NC(=O)c3cc(F)c(Cl)cc3Cl)cc2)CC(C)O1. The summed E-state index contributed by atoms with van der Waals surface area (Å²) in [6.07, 6.45) is -0.395. The molecule has 0 radical (unpaired) electrons. The molecule has 1 N–H and O–H groups in total. The predicted molar refractivity (Wildman–Crippen MR) is 110 cm³/mol. The number of sulfonamides is 1. The Labute approximate surface area is 178 Å². The lowest BCUT2D eigenvalue weighted by atomic mass is 10.2. The van der Waals surface area contributed by atoms with Gasteiger partial charge in [0.2, 0.25) is 10.0 Å². The molecule has 156 valence electrons. The zero-order valence-electron chi connectivity index (χ0n) is 15.7. The molecule has 2 atom stereocenters. The number of hydrogen-bond acceptors (Lipinski definition) is 4. The molecule has 2 unspecified atom stereocenters. The number of halogens is 3. The Hall–Kier alpha value is -1.71. The number of hydrogen-bond donors (Lipinski definition) is 1. The van der Waals surface area contributed by atoms with Crippen molar-refractivity contribution in [3.63, 3.8) is 0 Å². The minimum absolute atomic E-state index is 0.00338. The Bertz CT molecular complexity index is 1020. The molecule has 0 bridgehead atoms. The van der Waals surface area contributed by atoms with Crippen molar-refractivity contribution in [2.24, 2.45) is 0 Å². The van der Waals surface area contributed by atoms with Crippen LogP contribution in [0.2, 0.25) is 10.0 Å². The Kier molecular flexibility index (Phi) is 6.50. The van der Waals surface area contributed by atoms with Gasteiger partial charge in [0.1, 0.15) is 5.82 Å². The maximum atomic E-state index is 13.6. The average Bonchev–Trinajstić information content (AvgIpc) is 2.64. The second-order valence-electron chi connectivity index (χ2n) is 6.80. The van der Waals surface area contributed by atoms with E-state index in [0.29, 0.717) is 5.69 Å². The number of morpholine rings is 1. The van der Waals surface area contributed by atoms with Gasteiger partial charge in [-0.2, -0.15) is 4.31 Å². The van der Waals surface area contributed by atoms with E-state index in [1.165, 1.54) is 28.6 Å². The second-order valence-corrected chi connectivity index (χ2v) is 9.56. The molecule has 10 heteroatoms. The van der Waals surface area contributed by atoms with E-state index in [2.05, 4.69) is 5.32 Å². The van der Waals surface area contributed by atoms with Crippen molar-refractivity contribution in [1.29, 1.82) is 0 Å². The highest BCUT2D eigenvalue weighted by atomic mass is 35.5. The Morgan fingerprint density at radius 2 is 1.69 bits per heavy atom. The minimum atomic E-state index is -3.69. The van der Waals surface area contributed by atoms with Crippen molar-refractivity contribution in [2.75, 3.05) is 18.4 Å². The molecule has 0 aromatic heterocycles. The molecule has 2 aromatic rings. The molecule has 1 fully saturated rings. The minimum Gasteiger partial charge on any atom is -0.373 e. The van der Waals surface area contributed by atoms with E-state index in [4.69, 9.17) is 27.9 Å². The molecule has 0 saturated carbocycles. The first-order valence-electron chi connectivity index (χ1n) is 8.79. The van der Waals surface area contributed by atoms with Gasteiger partial charge in [-0.15, -0.1) is 0 Å². The maximum Gasteiger partial charge on any atom is 0.257 e. The molecule has 6 nitrogen and oxygen atoms in total. The van der Waals surface area contributed by atoms with E-state index in [0.717, 1.165) is 12.1 Å². The van der Waals surface area contributed by atoms with Crippen LogP contribution in [0.3, 0.4) is 0 Å². The van der Waals surface area contributed by atoms with Crippen LogP contribution in [0.25, 0.3) is 0 Å². The van der Waals surface area contributed by atoms with Crippen molar-refractivity contribution in [1.82, 2.24) is 4.31 Å². The molecule has 2 aromatic carbocycles. The van der Waals surface area contributed by atoms with Crippen molar-refractivity contribution in [3.8, 4) is 0 Å². The van der Waals surface area contributed by atoms with Crippen LogP contribution in [0.5, 0.6) is 0 Å². The molecule has 1 saturated heterocycles. The first kappa shape index (κ1) is 22.0. The highest BCUT2D eigenvalue weighted by Crippen LogP contribution is 2.26. The molecule has 1 amide bonds. The molecular formula is C19H19Cl2FN2O4S. The first-order valence-corrected chi connectivity index (χ1v) is 11.0. The molecule has 29 heavy (non-hydrogen) atoms. The molecule has 0 spiro atoms. The fourth-order valence-electron chi connectivity index (χ4n) is 3.08. The van der Waals surface area contributed by atoms with Gasteiger partial charge >= 0.3 is 0 Å². The quantitative estimate of drug-likeness (QED) is 0.694. The summed E-state index contributed by atoms with van der Waals surface area (Å²) in [6.45, 7) is 4.18. The summed E-state index contributed by atoms with van der Waals surface area (Å²) in [6, 6.07) is 7.81. The monoisotopic (exact) mass is 460 g/mol. The zero-order chi connectivity index (χ0) is 21.3. The van der Waals surface area contributed by atoms with Crippen LogP contribution in [0, 0.1) is 5.82 Å². The van der Waals surface area contributed by atoms with Gasteiger partial charge in [0.05, 0.1) is 32.7 Å². The summed E-state index contributed by atoms with van der Waals surface area (Å²) < 4.78 is 46.3. The number of carbonyl (C=O) groups is 1. The van der Waals surface area contributed by atoms with Gasteiger partial charge < -0.3 is 10.1 Å². The van der Waals surface area contributed by atoms with E-state index in [-0.39, 0.29) is 45.8 Å². The number of nitrogens with one attached hydrogen (secondary N) is 1. The van der Waals surface area contributed by atoms with Crippen LogP contribution in [0.1, 0.15) is 24.2 Å². The van der Waals surface area contributed by atoms with Crippen molar-refractivity contribution in [2.45, 2.75) is 31.0 Å². The topological polar surface area (TPSA) is 75.7 Å². The number of benzene rings is 2. The van der Waals surface area contributed by atoms with E-state index in [1.807, 2.05) is 13.8 Å². The van der Waals surface area contributed by atoms with Gasteiger partial charge in [0.25, 0.3) is 5.91 Å². The normalized spacial score (nSPS) is 20.4. The van der Waals surface area contributed by atoms with Crippen LogP contribution < -0.4 is 5.32 Å². The first-order chi connectivity index (χ1) is 13.6. The number of ether oxygens (including phenoxy) is 1. The third-order valence-electron chi connectivity index (χ3n) is 4.39.